The predicted octanol–water partition coefficient (Wildman–Crippen LogP) is 3.65. The number of rotatable bonds is 4. The zero-order valence-corrected chi connectivity index (χ0v) is 18.1. The Morgan fingerprint density at radius 2 is 1.97 bits per heavy atom. The Labute approximate surface area is 185 Å². The Morgan fingerprint density at radius 3 is 2.55 bits per heavy atom. The Morgan fingerprint density at radius 1 is 1.29 bits per heavy atom. The van der Waals surface area contributed by atoms with Gasteiger partial charge in [-0.15, -0.1) is 5.10 Å². The predicted molar refractivity (Wildman–Crippen MR) is 117 cm³/mol. The summed E-state index contributed by atoms with van der Waals surface area (Å²) in [5.74, 6) is -0.127. The number of fused-ring (bicyclic) bond motifs is 1. The van der Waals surface area contributed by atoms with Crippen LogP contribution >= 0.6 is 22.9 Å². The maximum absolute atomic E-state index is 14.0. The second-order valence-corrected chi connectivity index (χ2v) is 7.57. The number of halogens is 2. The zero-order chi connectivity index (χ0) is 22.5. The summed E-state index contributed by atoms with van der Waals surface area (Å²) < 4.78 is 20.9. The van der Waals surface area contributed by atoms with Crippen LogP contribution in [0, 0.1) is 5.82 Å². The van der Waals surface area contributed by atoms with Crippen LogP contribution in [0.4, 0.5) is 4.39 Å². The van der Waals surface area contributed by atoms with E-state index in [1.807, 2.05) is 31.2 Å². The number of hydrogen-bond donors (Lipinski definition) is 1. The number of nitrogens with zero attached hydrogens (tertiary/aromatic N) is 3. The molecule has 2 aromatic heterocycles. The first-order chi connectivity index (χ1) is 14.8. The molecule has 0 bridgehead atoms. The fourth-order valence-electron chi connectivity index (χ4n) is 2.60. The molecule has 0 aliphatic carbocycles. The second-order valence-electron chi connectivity index (χ2n) is 6.16. The van der Waals surface area contributed by atoms with Gasteiger partial charge in [-0.05, 0) is 49.4 Å². The monoisotopic (exact) mass is 461 g/mol. The van der Waals surface area contributed by atoms with Crippen LogP contribution in [0.15, 0.2) is 47.3 Å². The van der Waals surface area contributed by atoms with Gasteiger partial charge in [-0.25, -0.2) is 4.39 Å². The molecule has 0 unspecified atom stereocenters. The van der Waals surface area contributed by atoms with Crippen molar-refractivity contribution >= 4 is 39.9 Å². The molecule has 0 aliphatic rings. The molecule has 2 heterocycles. The molecule has 4 rings (SSSR count). The number of carbonyl (C=O) groups is 1. The van der Waals surface area contributed by atoms with E-state index < -0.39 is 11.8 Å². The van der Waals surface area contributed by atoms with Crippen LogP contribution < -0.4 is 14.8 Å². The molecule has 7 nitrogen and oxygen atoms in total. The summed E-state index contributed by atoms with van der Waals surface area (Å²) >= 11 is 7.16. The molecule has 10 heteroatoms. The number of carboxylic acid groups (broad SMARTS) is 1. The van der Waals surface area contributed by atoms with Gasteiger partial charge >= 0.3 is 0 Å². The van der Waals surface area contributed by atoms with Crippen LogP contribution in [0.2, 0.25) is 5.02 Å². The number of hydrogen-bond acceptors (Lipinski definition) is 6. The summed E-state index contributed by atoms with van der Waals surface area (Å²) in [6.45, 7) is 3.58. The topological polar surface area (TPSA) is 93.8 Å². The Hall–Kier alpha value is -3.30. The lowest BCUT2D eigenvalue weighted by Crippen LogP contribution is -2.23. The normalized spacial score (nSPS) is 11.3. The van der Waals surface area contributed by atoms with Crippen molar-refractivity contribution in [2.24, 2.45) is 0 Å². The highest BCUT2D eigenvalue weighted by Gasteiger charge is 2.13. The lowest BCUT2D eigenvalue weighted by atomic mass is 10.2. The van der Waals surface area contributed by atoms with Crippen LogP contribution in [0.25, 0.3) is 22.4 Å². The Kier molecular flexibility index (Phi) is 6.98. The number of benzene rings is 2. The zero-order valence-electron chi connectivity index (χ0n) is 16.5. The van der Waals surface area contributed by atoms with E-state index in [2.05, 4.69) is 10.1 Å². The molecule has 0 aliphatic heterocycles. The van der Waals surface area contributed by atoms with E-state index >= 15 is 0 Å². The summed E-state index contributed by atoms with van der Waals surface area (Å²) in [6, 6.07) is 11.7. The highest BCUT2D eigenvalue weighted by Crippen LogP contribution is 2.21. The maximum Gasteiger partial charge on any atom is 0.300 e. The van der Waals surface area contributed by atoms with E-state index in [1.165, 1.54) is 22.7 Å². The average molecular weight is 462 g/mol. The largest absolute Gasteiger partial charge is 0.494 e. The van der Waals surface area contributed by atoms with E-state index in [0.717, 1.165) is 29.6 Å². The number of ether oxygens (including phenoxy) is 1. The van der Waals surface area contributed by atoms with Gasteiger partial charge in [0.25, 0.3) is 11.5 Å². The lowest BCUT2D eigenvalue weighted by molar-refractivity contribution is -0.134. The van der Waals surface area contributed by atoms with E-state index in [-0.39, 0.29) is 16.1 Å². The SMILES string of the molecule is CC(=O)O.CCOc1ccc(-c2nc3s/c(=C/c4c(F)cccc4Cl)c(=O)n3n2)cc1. The van der Waals surface area contributed by atoms with Gasteiger partial charge in [0.05, 0.1) is 16.2 Å². The Bertz CT molecular complexity index is 1310. The van der Waals surface area contributed by atoms with Crippen molar-refractivity contribution in [2.45, 2.75) is 13.8 Å². The summed E-state index contributed by atoms with van der Waals surface area (Å²) in [5, 5.41) is 11.9. The molecule has 0 saturated heterocycles. The van der Waals surface area contributed by atoms with Crippen molar-refractivity contribution in [2.75, 3.05) is 6.61 Å². The molecule has 160 valence electrons. The highest BCUT2D eigenvalue weighted by atomic mass is 35.5. The molecular formula is C21H17ClFN3O4S. The molecule has 0 amide bonds. The lowest BCUT2D eigenvalue weighted by Gasteiger charge is -2.02. The van der Waals surface area contributed by atoms with Crippen LogP contribution in [0.5, 0.6) is 5.75 Å². The van der Waals surface area contributed by atoms with Gasteiger partial charge in [0.1, 0.15) is 11.6 Å². The number of thiazole rings is 1. The highest BCUT2D eigenvalue weighted by molar-refractivity contribution is 7.15. The molecule has 0 atom stereocenters. The van der Waals surface area contributed by atoms with Crippen molar-refractivity contribution in [3.63, 3.8) is 0 Å². The number of aromatic nitrogens is 3. The number of aliphatic carboxylic acids is 1. The summed E-state index contributed by atoms with van der Waals surface area (Å²) in [5.41, 5.74) is 0.586. The first-order valence-corrected chi connectivity index (χ1v) is 10.3. The van der Waals surface area contributed by atoms with Crippen LogP contribution in [-0.2, 0) is 4.79 Å². The molecule has 0 saturated carbocycles. The van der Waals surface area contributed by atoms with Crippen LogP contribution in [-0.4, -0.2) is 32.3 Å². The van der Waals surface area contributed by atoms with Crippen LogP contribution in [0.1, 0.15) is 19.4 Å². The van der Waals surface area contributed by atoms with Crippen molar-refractivity contribution < 1.29 is 19.0 Å². The molecule has 31 heavy (non-hydrogen) atoms. The first-order valence-electron chi connectivity index (χ1n) is 9.08. The minimum absolute atomic E-state index is 0.174. The van der Waals surface area contributed by atoms with Gasteiger partial charge in [-0.3, -0.25) is 9.59 Å². The van der Waals surface area contributed by atoms with Gasteiger partial charge in [0.15, 0.2) is 5.82 Å². The molecule has 0 spiro atoms. The van der Waals surface area contributed by atoms with Gasteiger partial charge in [0, 0.05) is 18.1 Å². The molecule has 4 aromatic rings. The van der Waals surface area contributed by atoms with Crippen molar-refractivity contribution in [3.05, 3.63) is 73.8 Å². The maximum atomic E-state index is 14.0. The van der Waals surface area contributed by atoms with Crippen molar-refractivity contribution in [1.82, 2.24) is 14.6 Å². The van der Waals surface area contributed by atoms with Gasteiger partial charge in [-0.1, -0.05) is 29.0 Å². The smallest absolute Gasteiger partial charge is 0.300 e. The summed E-state index contributed by atoms with van der Waals surface area (Å²) in [6.07, 6.45) is 1.43. The van der Waals surface area contributed by atoms with Crippen molar-refractivity contribution in [3.8, 4) is 17.1 Å². The minimum atomic E-state index is -0.833. The van der Waals surface area contributed by atoms with Crippen LogP contribution in [0.3, 0.4) is 0 Å². The quantitative estimate of drug-likeness (QED) is 0.498. The van der Waals surface area contributed by atoms with Crippen molar-refractivity contribution in [1.29, 1.82) is 0 Å². The van der Waals surface area contributed by atoms with E-state index in [1.54, 1.807) is 6.07 Å². The van der Waals surface area contributed by atoms with E-state index in [9.17, 15) is 9.18 Å². The van der Waals surface area contributed by atoms with E-state index in [4.69, 9.17) is 26.2 Å². The third-order valence-electron chi connectivity index (χ3n) is 3.88. The fourth-order valence-corrected chi connectivity index (χ4v) is 3.71. The number of carboxylic acids is 1. The molecule has 1 N–H and O–H groups in total. The second kappa shape index (κ2) is 9.67. The van der Waals surface area contributed by atoms with E-state index in [0.29, 0.717) is 21.9 Å². The van der Waals surface area contributed by atoms with Gasteiger partial charge in [-0.2, -0.15) is 9.50 Å². The summed E-state index contributed by atoms with van der Waals surface area (Å²) in [4.78, 5) is 26.4. The summed E-state index contributed by atoms with van der Waals surface area (Å²) in [7, 11) is 0. The molecule has 0 fully saturated rings. The van der Waals surface area contributed by atoms with Gasteiger partial charge < -0.3 is 9.84 Å². The minimum Gasteiger partial charge on any atom is -0.494 e. The standard InChI is InChI=1S/C19H13ClFN3O2S.C2H4O2/c1-2-26-12-8-6-11(7-9-12)17-22-19-24(23-17)18(25)16(27-19)10-13-14(20)4-3-5-15(13)21;1-2(3)4/h3-10H,2H2,1H3;1H3,(H,3,4)/b16-10+;. The third kappa shape index (κ3) is 5.25. The average Bonchev–Trinajstić information content (AvgIpc) is 3.25. The molecular weight excluding hydrogens is 445 g/mol. The Balaban J connectivity index is 0.000000628. The van der Waals surface area contributed by atoms with Gasteiger partial charge in [0.2, 0.25) is 4.96 Å². The first kappa shape index (κ1) is 22.4. The molecule has 2 aromatic carbocycles. The fraction of sp³-hybridized carbons (Fsp3) is 0.143. The molecule has 0 radical (unpaired) electrons. The third-order valence-corrected chi connectivity index (χ3v) is 5.17.